The van der Waals surface area contributed by atoms with E-state index < -0.39 is 11.9 Å². The van der Waals surface area contributed by atoms with Crippen molar-refractivity contribution in [2.24, 2.45) is 0 Å². The molecule has 0 saturated heterocycles. The third kappa shape index (κ3) is 5.77. The van der Waals surface area contributed by atoms with Gasteiger partial charge in [-0.1, -0.05) is 23.7 Å². The van der Waals surface area contributed by atoms with Gasteiger partial charge in [0.25, 0.3) is 5.91 Å². The van der Waals surface area contributed by atoms with Gasteiger partial charge < -0.3 is 23.9 Å². The zero-order chi connectivity index (χ0) is 24.7. The molecule has 0 unspecified atom stereocenters. The Morgan fingerprint density at radius 3 is 2.65 bits per heavy atom. The number of hydrogen-bond acceptors (Lipinski definition) is 7. The number of rotatable bonds is 8. The minimum absolute atomic E-state index is 0.0490. The van der Waals surface area contributed by atoms with Gasteiger partial charge in [-0.25, -0.2) is 4.79 Å². The summed E-state index contributed by atoms with van der Waals surface area (Å²) in [5.41, 5.74) is 1.69. The predicted molar refractivity (Wildman–Crippen MR) is 126 cm³/mol. The lowest BCUT2D eigenvalue weighted by atomic mass is 10.1. The van der Waals surface area contributed by atoms with Gasteiger partial charge in [0.2, 0.25) is 5.76 Å². The minimum Gasteiger partial charge on any atom is -0.493 e. The summed E-state index contributed by atoms with van der Waals surface area (Å²) in [6.07, 6.45) is 1.44. The summed E-state index contributed by atoms with van der Waals surface area (Å²) in [4.78, 5) is 24.1. The van der Waals surface area contributed by atoms with E-state index in [2.05, 4.69) is 10.1 Å². The second-order valence-corrected chi connectivity index (χ2v) is 7.40. The van der Waals surface area contributed by atoms with Crippen LogP contribution in [0.1, 0.15) is 27.4 Å². The quantitative estimate of drug-likeness (QED) is 0.269. The van der Waals surface area contributed by atoms with Gasteiger partial charge in [0.15, 0.2) is 11.5 Å². The zero-order valence-electron chi connectivity index (χ0n) is 18.7. The van der Waals surface area contributed by atoms with Crippen molar-refractivity contribution >= 4 is 35.2 Å². The van der Waals surface area contributed by atoms with E-state index in [0.29, 0.717) is 39.1 Å². The SMILES string of the molecule is COC(=O)c1ccc(COc2ccc(/C=C(\C#N)C(=O)Nc3cccc(Cl)c3C)cc2OC)o1. The van der Waals surface area contributed by atoms with Gasteiger partial charge in [0.1, 0.15) is 24.0 Å². The summed E-state index contributed by atoms with van der Waals surface area (Å²) in [6.45, 7) is 1.82. The molecule has 0 saturated carbocycles. The van der Waals surface area contributed by atoms with Gasteiger partial charge in [-0.15, -0.1) is 0 Å². The number of methoxy groups -OCH3 is 2. The first-order valence-electron chi connectivity index (χ1n) is 10.0. The van der Waals surface area contributed by atoms with Gasteiger partial charge in [-0.3, -0.25) is 4.79 Å². The van der Waals surface area contributed by atoms with Crippen LogP contribution in [0, 0.1) is 18.3 Å². The Hall–Kier alpha value is -4.22. The second kappa shape index (κ2) is 11.1. The number of furan rings is 1. The topological polar surface area (TPSA) is 111 Å². The van der Waals surface area contributed by atoms with E-state index in [9.17, 15) is 14.9 Å². The molecule has 0 aliphatic heterocycles. The Morgan fingerprint density at radius 2 is 1.94 bits per heavy atom. The molecule has 3 rings (SSSR count). The molecule has 1 aromatic heterocycles. The van der Waals surface area contributed by atoms with Crippen molar-refractivity contribution in [3.63, 3.8) is 0 Å². The van der Waals surface area contributed by atoms with E-state index in [1.807, 2.05) is 6.07 Å². The number of carbonyl (C=O) groups is 2. The first-order valence-corrected chi connectivity index (χ1v) is 10.4. The van der Waals surface area contributed by atoms with Gasteiger partial charge >= 0.3 is 5.97 Å². The van der Waals surface area contributed by atoms with Crippen LogP contribution in [0.3, 0.4) is 0 Å². The first-order chi connectivity index (χ1) is 16.4. The molecule has 0 fully saturated rings. The molecule has 174 valence electrons. The van der Waals surface area contributed by atoms with E-state index in [0.717, 1.165) is 0 Å². The number of hydrogen-bond donors (Lipinski definition) is 1. The first kappa shape index (κ1) is 24.4. The smallest absolute Gasteiger partial charge is 0.373 e. The predicted octanol–water partition coefficient (Wildman–Crippen LogP) is 5.16. The third-order valence-corrected chi connectivity index (χ3v) is 5.21. The standard InChI is InChI=1S/C25H21ClN2O6/c1-15-19(26)5-4-6-20(15)28-24(29)17(13-27)11-16-7-9-21(23(12-16)31-2)33-14-18-8-10-22(34-18)25(30)32-3/h4-12H,14H2,1-3H3,(H,28,29)/b17-11+. The summed E-state index contributed by atoms with van der Waals surface area (Å²) in [7, 11) is 2.74. The van der Waals surface area contributed by atoms with E-state index in [4.69, 9.17) is 25.5 Å². The molecule has 1 heterocycles. The van der Waals surface area contributed by atoms with Gasteiger partial charge in [0.05, 0.1) is 14.2 Å². The molecule has 9 heteroatoms. The summed E-state index contributed by atoms with van der Waals surface area (Å²) in [6, 6.07) is 15.1. The van der Waals surface area contributed by atoms with Crippen LogP contribution in [0.4, 0.5) is 5.69 Å². The molecular weight excluding hydrogens is 460 g/mol. The number of esters is 1. The molecule has 3 aromatic rings. The van der Waals surface area contributed by atoms with Crippen molar-refractivity contribution in [3.05, 3.63) is 81.8 Å². The van der Waals surface area contributed by atoms with Crippen LogP contribution in [0.5, 0.6) is 11.5 Å². The third-order valence-electron chi connectivity index (χ3n) is 4.80. The second-order valence-electron chi connectivity index (χ2n) is 6.99. The van der Waals surface area contributed by atoms with Crippen LogP contribution >= 0.6 is 11.6 Å². The number of nitriles is 1. The molecular formula is C25H21ClN2O6. The Morgan fingerprint density at radius 1 is 1.15 bits per heavy atom. The molecule has 1 amide bonds. The molecule has 34 heavy (non-hydrogen) atoms. The average Bonchev–Trinajstić information content (AvgIpc) is 3.32. The van der Waals surface area contributed by atoms with Gasteiger partial charge in [0, 0.05) is 10.7 Å². The maximum absolute atomic E-state index is 12.6. The number of nitrogens with zero attached hydrogens (tertiary/aromatic N) is 1. The Balaban J connectivity index is 1.74. The normalized spacial score (nSPS) is 10.9. The molecule has 8 nitrogen and oxygen atoms in total. The number of anilines is 1. The van der Waals surface area contributed by atoms with E-state index in [-0.39, 0.29) is 17.9 Å². The van der Waals surface area contributed by atoms with Crippen molar-refractivity contribution in [2.45, 2.75) is 13.5 Å². The van der Waals surface area contributed by atoms with Crippen LogP contribution in [0.2, 0.25) is 5.02 Å². The number of carbonyl (C=O) groups excluding carboxylic acids is 2. The molecule has 0 aliphatic carbocycles. The zero-order valence-corrected chi connectivity index (χ0v) is 19.4. The highest BCUT2D eigenvalue weighted by molar-refractivity contribution is 6.31. The maximum atomic E-state index is 12.6. The molecule has 0 spiro atoms. The Kier molecular flexibility index (Phi) is 7.96. The lowest BCUT2D eigenvalue weighted by Crippen LogP contribution is -2.14. The number of nitrogens with one attached hydrogen (secondary N) is 1. The Bertz CT molecular complexity index is 1290. The van der Waals surface area contributed by atoms with Crippen molar-refractivity contribution in [1.82, 2.24) is 0 Å². The molecule has 1 N–H and O–H groups in total. The van der Waals surface area contributed by atoms with Crippen molar-refractivity contribution < 1.29 is 28.2 Å². The van der Waals surface area contributed by atoms with E-state index in [1.165, 1.54) is 26.4 Å². The van der Waals surface area contributed by atoms with Crippen LogP contribution in [-0.4, -0.2) is 26.1 Å². The summed E-state index contributed by atoms with van der Waals surface area (Å²) in [5.74, 6) is 0.147. The molecule has 0 aliphatic rings. The molecule has 0 bridgehead atoms. The monoisotopic (exact) mass is 480 g/mol. The average molecular weight is 481 g/mol. The van der Waals surface area contributed by atoms with Crippen LogP contribution in [-0.2, 0) is 16.1 Å². The highest BCUT2D eigenvalue weighted by atomic mass is 35.5. The largest absolute Gasteiger partial charge is 0.493 e. The van der Waals surface area contributed by atoms with Crippen molar-refractivity contribution in [2.75, 3.05) is 19.5 Å². The lowest BCUT2D eigenvalue weighted by Gasteiger charge is -2.11. The highest BCUT2D eigenvalue weighted by Crippen LogP contribution is 2.30. The number of benzene rings is 2. The van der Waals surface area contributed by atoms with Crippen LogP contribution in [0.25, 0.3) is 6.08 Å². The van der Waals surface area contributed by atoms with E-state index >= 15 is 0 Å². The van der Waals surface area contributed by atoms with Gasteiger partial charge in [-0.05, 0) is 60.5 Å². The minimum atomic E-state index is -0.581. The summed E-state index contributed by atoms with van der Waals surface area (Å²) >= 11 is 6.09. The molecule has 0 radical (unpaired) electrons. The van der Waals surface area contributed by atoms with Crippen molar-refractivity contribution in [1.29, 1.82) is 5.26 Å². The van der Waals surface area contributed by atoms with Gasteiger partial charge in [-0.2, -0.15) is 5.26 Å². The number of halogens is 1. The maximum Gasteiger partial charge on any atom is 0.373 e. The summed E-state index contributed by atoms with van der Waals surface area (Å²) < 4.78 is 21.1. The fraction of sp³-hybridized carbons (Fsp3) is 0.160. The number of ether oxygens (including phenoxy) is 3. The van der Waals surface area contributed by atoms with Crippen molar-refractivity contribution in [3.8, 4) is 17.6 Å². The lowest BCUT2D eigenvalue weighted by molar-refractivity contribution is -0.112. The molecule has 0 atom stereocenters. The van der Waals surface area contributed by atoms with Crippen LogP contribution in [0.15, 0.2) is 58.5 Å². The Labute approximate surface area is 201 Å². The number of amides is 1. The van der Waals surface area contributed by atoms with E-state index in [1.54, 1.807) is 49.4 Å². The summed E-state index contributed by atoms with van der Waals surface area (Å²) in [5, 5.41) is 12.7. The highest BCUT2D eigenvalue weighted by Gasteiger charge is 2.14. The van der Waals surface area contributed by atoms with Crippen LogP contribution < -0.4 is 14.8 Å². The molecule has 2 aromatic carbocycles. The fourth-order valence-corrected chi connectivity index (χ4v) is 3.13. The fourth-order valence-electron chi connectivity index (χ4n) is 2.96.